The van der Waals surface area contributed by atoms with Crippen molar-refractivity contribution in [1.29, 1.82) is 0 Å². The van der Waals surface area contributed by atoms with E-state index in [1.165, 1.54) is 12.1 Å². The Morgan fingerprint density at radius 1 is 1.24 bits per heavy atom. The zero-order valence-corrected chi connectivity index (χ0v) is 9.63. The van der Waals surface area contributed by atoms with Crippen molar-refractivity contribution in [2.45, 2.75) is 13.0 Å². The third-order valence-electron chi connectivity index (χ3n) is 2.73. The fraction of sp³-hybridized carbons (Fsp3) is 0.231. The van der Waals surface area contributed by atoms with E-state index in [4.69, 9.17) is 4.42 Å². The van der Waals surface area contributed by atoms with Crippen LogP contribution in [-0.4, -0.2) is 7.05 Å². The van der Waals surface area contributed by atoms with Gasteiger partial charge < -0.3 is 9.73 Å². The quantitative estimate of drug-likeness (QED) is 0.887. The molecule has 4 heteroatoms. The Morgan fingerprint density at radius 3 is 2.53 bits per heavy atom. The third kappa shape index (κ3) is 2.22. The maximum Gasteiger partial charge on any atom is 0.131 e. The van der Waals surface area contributed by atoms with Crippen LogP contribution in [0.25, 0.3) is 0 Å². The summed E-state index contributed by atoms with van der Waals surface area (Å²) in [5.74, 6) is -0.532. The zero-order chi connectivity index (χ0) is 12.4. The van der Waals surface area contributed by atoms with Crippen molar-refractivity contribution in [3.05, 3.63) is 59.1 Å². The number of halogens is 2. The smallest absolute Gasteiger partial charge is 0.131 e. The number of nitrogens with one attached hydrogen (secondary N) is 1. The van der Waals surface area contributed by atoms with Gasteiger partial charge in [0.05, 0.1) is 12.3 Å². The summed E-state index contributed by atoms with van der Waals surface area (Å²) in [7, 11) is 1.70. The molecule has 0 spiro atoms. The fourth-order valence-electron chi connectivity index (χ4n) is 1.84. The Bertz CT molecular complexity index is 522. The summed E-state index contributed by atoms with van der Waals surface area (Å²) in [6.45, 7) is 1.88. The first-order valence-corrected chi connectivity index (χ1v) is 5.29. The molecule has 0 aliphatic rings. The first kappa shape index (κ1) is 11.8. The molecule has 0 saturated carbocycles. The molecule has 2 rings (SSSR count). The summed E-state index contributed by atoms with van der Waals surface area (Å²) < 4.78 is 31.9. The second kappa shape index (κ2) is 4.67. The van der Waals surface area contributed by atoms with E-state index in [2.05, 4.69) is 5.32 Å². The third-order valence-corrected chi connectivity index (χ3v) is 2.73. The van der Waals surface area contributed by atoms with Crippen molar-refractivity contribution >= 4 is 0 Å². The van der Waals surface area contributed by atoms with Gasteiger partial charge in [-0.25, -0.2) is 8.78 Å². The predicted molar refractivity (Wildman–Crippen MR) is 60.7 cm³/mol. The van der Waals surface area contributed by atoms with Crippen molar-refractivity contribution in [3.63, 3.8) is 0 Å². The SMILES string of the molecule is CNC(c1ccc(F)cc1F)c1occc1C. The molecule has 0 saturated heterocycles. The van der Waals surface area contributed by atoms with Crippen LogP contribution >= 0.6 is 0 Å². The van der Waals surface area contributed by atoms with E-state index in [0.717, 1.165) is 11.6 Å². The number of hydrogen-bond donors (Lipinski definition) is 1. The highest BCUT2D eigenvalue weighted by atomic mass is 19.1. The Hall–Kier alpha value is -1.68. The molecule has 17 heavy (non-hydrogen) atoms. The van der Waals surface area contributed by atoms with Gasteiger partial charge in [-0.15, -0.1) is 0 Å². The van der Waals surface area contributed by atoms with E-state index in [0.29, 0.717) is 11.3 Å². The molecule has 0 aliphatic heterocycles. The molecule has 1 aromatic heterocycles. The van der Waals surface area contributed by atoms with Gasteiger partial charge in [0.1, 0.15) is 17.4 Å². The van der Waals surface area contributed by atoms with Crippen molar-refractivity contribution in [2.24, 2.45) is 0 Å². The van der Waals surface area contributed by atoms with Crippen LogP contribution in [0.5, 0.6) is 0 Å². The molecule has 1 unspecified atom stereocenters. The van der Waals surface area contributed by atoms with Crippen molar-refractivity contribution in [1.82, 2.24) is 5.32 Å². The van der Waals surface area contributed by atoms with Crippen molar-refractivity contribution in [2.75, 3.05) is 7.05 Å². The van der Waals surface area contributed by atoms with Crippen LogP contribution in [0.15, 0.2) is 34.9 Å². The molecule has 0 fully saturated rings. The minimum atomic E-state index is -0.586. The Morgan fingerprint density at radius 2 is 2.00 bits per heavy atom. The van der Waals surface area contributed by atoms with Crippen LogP contribution in [0.3, 0.4) is 0 Å². The molecule has 1 aromatic carbocycles. The minimum Gasteiger partial charge on any atom is -0.467 e. The molecule has 0 amide bonds. The summed E-state index contributed by atoms with van der Waals surface area (Å²) in [6, 6.07) is 4.93. The molecule has 2 aromatic rings. The summed E-state index contributed by atoms with van der Waals surface area (Å²) >= 11 is 0. The topological polar surface area (TPSA) is 25.2 Å². The molecule has 1 N–H and O–H groups in total. The van der Waals surface area contributed by atoms with Gasteiger partial charge in [0.25, 0.3) is 0 Å². The fourth-order valence-corrected chi connectivity index (χ4v) is 1.84. The molecule has 0 bridgehead atoms. The Labute approximate surface area is 98.3 Å². The Balaban J connectivity index is 2.46. The van der Waals surface area contributed by atoms with Crippen LogP contribution in [-0.2, 0) is 0 Å². The van der Waals surface area contributed by atoms with E-state index < -0.39 is 17.7 Å². The molecule has 1 atom stereocenters. The monoisotopic (exact) mass is 237 g/mol. The van der Waals surface area contributed by atoms with Crippen molar-refractivity contribution in [3.8, 4) is 0 Å². The van der Waals surface area contributed by atoms with Crippen LogP contribution in [0, 0.1) is 18.6 Å². The van der Waals surface area contributed by atoms with Gasteiger partial charge in [-0.2, -0.15) is 0 Å². The lowest BCUT2D eigenvalue weighted by molar-refractivity contribution is 0.448. The molecule has 0 radical (unpaired) electrons. The minimum absolute atomic E-state index is 0.368. The number of benzene rings is 1. The zero-order valence-electron chi connectivity index (χ0n) is 9.63. The van der Waals surface area contributed by atoms with E-state index in [1.807, 2.05) is 6.92 Å². The number of aryl methyl sites for hydroxylation is 1. The second-order valence-electron chi connectivity index (χ2n) is 3.86. The highest BCUT2D eigenvalue weighted by molar-refractivity contribution is 5.31. The van der Waals surface area contributed by atoms with E-state index in [-0.39, 0.29) is 0 Å². The first-order valence-electron chi connectivity index (χ1n) is 5.29. The molecule has 2 nitrogen and oxygen atoms in total. The summed E-state index contributed by atoms with van der Waals surface area (Å²) in [5, 5.41) is 2.97. The number of rotatable bonds is 3. The van der Waals surface area contributed by atoms with Gasteiger partial charge >= 0.3 is 0 Å². The average Bonchev–Trinajstić information content (AvgIpc) is 2.69. The number of furan rings is 1. The van der Waals surface area contributed by atoms with Gasteiger partial charge in [0.15, 0.2) is 0 Å². The maximum atomic E-state index is 13.7. The largest absolute Gasteiger partial charge is 0.467 e. The van der Waals surface area contributed by atoms with Crippen LogP contribution in [0.2, 0.25) is 0 Å². The van der Waals surface area contributed by atoms with Gasteiger partial charge in [-0.05, 0) is 31.7 Å². The molecule has 0 aliphatic carbocycles. The lowest BCUT2D eigenvalue weighted by atomic mass is 10.0. The lowest BCUT2D eigenvalue weighted by Gasteiger charge is -2.16. The second-order valence-corrected chi connectivity index (χ2v) is 3.86. The maximum absolute atomic E-state index is 13.7. The highest BCUT2D eigenvalue weighted by Gasteiger charge is 2.20. The van der Waals surface area contributed by atoms with E-state index >= 15 is 0 Å². The van der Waals surface area contributed by atoms with Gasteiger partial charge in [-0.1, -0.05) is 6.07 Å². The molecule has 90 valence electrons. The molecular formula is C13H13F2NO. The van der Waals surface area contributed by atoms with Gasteiger partial charge in [0.2, 0.25) is 0 Å². The van der Waals surface area contributed by atoms with Gasteiger partial charge in [0, 0.05) is 11.6 Å². The molecular weight excluding hydrogens is 224 g/mol. The van der Waals surface area contributed by atoms with E-state index in [1.54, 1.807) is 19.4 Å². The summed E-state index contributed by atoms with van der Waals surface area (Å²) in [5.41, 5.74) is 1.29. The van der Waals surface area contributed by atoms with Crippen LogP contribution in [0.1, 0.15) is 22.9 Å². The van der Waals surface area contributed by atoms with Crippen molar-refractivity contribution < 1.29 is 13.2 Å². The highest BCUT2D eigenvalue weighted by Crippen LogP contribution is 2.27. The number of hydrogen-bond acceptors (Lipinski definition) is 2. The van der Waals surface area contributed by atoms with Crippen LogP contribution < -0.4 is 5.32 Å². The van der Waals surface area contributed by atoms with E-state index in [9.17, 15) is 8.78 Å². The lowest BCUT2D eigenvalue weighted by Crippen LogP contribution is -2.19. The summed E-state index contributed by atoms with van der Waals surface area (Å²) in [6.07, 6.45) is 1.55. The average molecular weight is 237 g/mol. The standard InChI is InChI=1S/C13H13F2NO/c1-8-5-6-17-13(8)12(16-2)10-4-3-9(14)7-11(10)15/h3-7,12,16H,1-2H3. The van der Waals surface area contributed by atoms with Gasteiger partial charge in [-0.3, -0.25) is 0 Å². The summed E-state index contributed by atoms with van der Waals surface area (Å²) in [4.78, 5) is 0. The molecule has 1 heterocycles. The predicted octanol–water partition coefficient (Wildman–Crippen LogP) is 3.18. The Kier molecular flexibility index (Phi) is 3.24. The van der Waals surface area contributed by atoms with Crippen LogP contribution in [0.4, 0.5) is 8.78 Å². The first-order chi connectivity index (χ1) is 8.13. The normalized spacial score (nSPS) is 12.7.